The van der Waals surface area contributed by atoms with E-state index < -0.39 is 17.5 Å². The van der Waals surface area contributed by atoms with Crippen LogP contribution < -0.4 is 5.32 Å². The highest BCUT2D eigenvalue weighted by molar-refractivity contribution is 6.04. The van der Waals surface area contributed by atoms with Crippen LogP contribution in [-0.2, 0) is 11.3 Å². The Hall–Kier alpha value is -2.76. The minimum absolute atomic E-state index is 0.0126. The lowest BCUT2D eigenvalue weighted by molar-refractivity contribution is -0.128. The maximum Gasteiger partial charge on any atom is 0.255 e. The van der Waals surface area contributed by atoms with Crippen molar-refractivity contribution in [3.8, 4) is 0 Å². The molecule has 0 aliphatic carbocycles. The van der Waals surface area contributed by atoms with Gasteiger partial charge in [-0.25, -0.2) is 8.78 Å². The SMILES string of the molecule is CC(=O)N(C)Cc1ccccc1NC(=O)c1ccc(F)c(F)c1. The summed E-state index contributed by atoms with van der Waals surface area (Å²) in [4.78, 5) is 25.0. The number of carbonyl (C=O) groups excluding carboxylic acids is 2. The molecule has 0 saturated heterocycles. The molecular weight excluding hydrogens is 302 g/mol. The number of nitrogens with one attached hydrogen (secondary N) is 1. The van der Waals surface area contributed by atoms with Crippen molar-refractivity contribution in [2.75, 3.05) is 12.4 Å². The molecule has 0 aliphatic rings. The number of hydrogen-bond acceptors (Lipinski definition) is 2. The molecule has 4 nitrogen and oxygen atoms in total. The van der Waals surface area contributed by atoms with Crippen LogP contribution in [0.25, 0.3) is 0 Å². The van der Waals surface area contributed by atoms with Crippen molar-refractivity contribution in [3.63, 3.8) is 0 Å². The average Bonchev–Trinajstić information content (AvgIpc) is 2.51. The van der Waals surface area contributed by atoms with E-state index in [9.17, 15) is 18.4 Å². The zero-order valence-corrected chi connectivity index (χ0v) is 12.8. The Labute approximate surface area is 132 Å². The first-order valence-electron chi connectivity index (χ1n) is 6.94. The quantitative estimate of drug-likeness (QED) is 0.941. The van der Waals surface area contributed by atoms with Crippen LogP contribution in [0.5, 0.6) is 0 Å². The van der Waals surface area contributed by atoms with Gasteiger partial charge >= 0.3 is 0 Å². The molecule has 0 saturated carbocycles. The Balaban J connectivity index is 2.20. The summed E-state index contributed by atoms with van der Waals surface area (Å²) in [6, 6.07) is 9.93. The Kier molecular flexibility index (Phi) is 5.05. The molecule has 2 amide bonds. The molecule has 0 atom stereocenters. The van der Waals surface area contributed by atoms with Gasteiger partial charge in [0.2, 0.25) is 5.91 Å². The fourth-order valence-corrected chi connectivity index (χ4v) is 1.98. The van der Waals surface area contributed by atoms with Crippen LogP contribution in [-0.4, -0.2) is 23.8 Å². The van der Waals surface area contributed by atoms with Gasteiger partial charge in [0.25, 0.3) is 5.91 Å². The van der Waals surface area contributed by atoms with Gasteiger partial charge in [-0.05, 0) is 29.8 Å². The molecule has 0 unspecified atom stereocenters. The van der Waals surface area contributed by atoms with Gasteiger partial charge in [0, 0.05) is 31.8 Å². The number of hydrogen-bond donors (Lipinski definition) is 1. The third-order valence-electron chi connectivity index (χ3n) is 3.39. The molecule has 0 fully saturated rings. The van der Waals surface area contributed by atoms with E-state index in [4.69, 9.17) is 0 Å². The number of carbonyl (C=O) groups is 2. The summed E-state index contributed by atoms with van der Waals surface area (Å²) in [5.74, 6) is -2.75. The first-order valence-corrected chi connectivity index (χ1v) is 6.94. The number of rotatable bonds is 4. The zero-order valence-electron chi connectivity index (χ0n) is 12.8. The van der Waals surface area contributed by atoms with Gasteiger partial charge < -0.3 is 10.2 Å². The third-order valence-corrected chi connectivity index (χ3v) is 3.39. The predicted molar refractivity (Wildman–Crippen MR) is 82.9 cm³/mol. The molecule has 0 aliphatic heterocycles. The smallest absolute Gasteiger partial charge is 0.255 e. The van der Waals surface area contributed by atoms with E-state index in [0.29, 0.717) is 12.2 Å². The minimum atomic E-state index is -1.08. The second-order valence-corrected chi connectivity index (χ2v) is 5.12. The number of para-hydroxylation sites is 1. The molecular formula is C17H16F2N2O2. The van der Waals surface area contributed by atoms with E-state index in [1.54, 1.807) is 31.3 Å². The van der Waals surface area contributed by atoms with Gasteiger partial charge in [-0.2, -0.15) is 0 Å². The second-order valence-electron chi connectivity index (χ2n) is 5.12. The molecule has 0 spiro atoms. The van der Waals surface area contributed by atoms with E-state index in [1.165, 1.54) is 17.9 Å². The van der Waals surface area contributed by atoms with Crippen molar-refractivity contribution in [2.45, 2.75) is 13.5 Å². The summed E-state index contributed by atoms with van der Waals surface area (Å²) in [7, 11) is 1.65. The van der Waals surface area contributed by atoms with E-state index in [2.05, 4.69) is 5.32 Å². The van der Waals surface area contributed by atoms with E-state index in [0.717, 1.165) is 17.7 Å². The van der Waals surface area contributed by atoms with E-state index >= 15 is 0 Å². The van der Waals surface area contributed by atoms with Crippen LogP contribution >= 0.6 is 0 Å². The number of nitrogens with zero attached hydrogens (tertiary/aromatic N) is 1. The van der Waals surface area contributed by atoms with Crippen molar-refractivity contribution in [1.29, 1.82) is 0 Å². The van der Waals surface area contributed by atoms with Gasteiger partial charge in [0.05, 0.1) is 0 Å². The Morgan fingerprint density at radius 2 is 1.78 bits per heavy atom. The van der Waals surface area contributed by atoms with Crippen molar-refractivity contribution >= 4 is 17.5 Å². The predicted octanol–water partition coefficient (Wildman–Crippen LogP) is 3.20. The lowest BCUT2D eigenvalue weighted by atomic mass is 10.1. The summed E-state index contributed by atoms with van der Waals surface area (Å²) in [6.07, 6.45) is 0. The highest BCUT2D eigenvalue weighted by atomic mass is 19.2. The number of anilines is 1. The molecule has 120 valence electrons. The van der Waals surface area contributed by atoms with Crippen LogP contribution in [0.1, 0.15) is 22.8 Å². The topological polar surface area (TPSA) is 49.4 Å². The maximum absolute atomic E-state index is 13.2. The lowest BCUT2D eigenvalue weighted by Crippen LogP contribution is -2.24. The first-order chi connectivity index (χ1) is 10.9. The number of halogens is 2. The largest absolute Gasteiger partial charge is 0.342 e. The summed E-state index contributed by atoms with van der Waals surface area (Å²) in [6.45, 7) is 1.77. The molecule has 2 rings (SSSR count). The van der Waals surface area contributed by atoms with Crippen molar-refractivity contribution in [1.82, 2.24) is 4.90 Å². The number of benzene rings is 2. The van der Waals surface area contributed by atoms with Crippen molar-refractivity contribution in [2.24, 2.45) is 0 Å². The highest BCUT2D eigenvalue weighted by Crippen LogP contribution is 2.18. The molecule has 6 heteroatoms. The summed E-state index contributed by atoms with van der Waals surface area (Å²) < 4.78 is 26.1. The Morgan fingerprint density at radius 1 is 1.09 bits per heavy atom. The molecule has 0 bridgehead atoms. The van der Waals surface area contributed by atoms with Gasteiger partial charge in [0.1, 0.15) is 0 Å². The van der Waals surface area contributed by atoms with Crippen LogP contribution in [0.15, 0.2) is 42.5 Å². The maximum atomic E-state index is 13.2. The molecule has 2 aromatic rings. The molecule has 0 radical (unpaired) electrons. The van der Waals surface area contributed by atoms with Crippen molar-refractivity contribution in [3.05, 3.63) is 65.2 Å². The summed E-state index contributed by atoms with van der Waals surface area (Å²) in [5, 5.41) is 2.65. The minimum Gasteiger partial charge on any atom is -0.342 e. The Bertz CT molecular complexity index is 747. The first kappa shape index (κ1) is 16.6. The lowest BCUT2D eigenvalue weighted by Gasteiger charge is -2.18. The number of amides is 2. The van der Waals surface area contributed by atoms with E-state index in [1.807, 2.05) is 0 Å². The fourth-order valence-electron chi connectivity index (χ4n) is 1.98. The summed E-state index contributed by atoms with van der Waals surface area (Å²) >= 11 is 0. The van der Waals surface area contributed by atoms with Crippen LogP contribution in [0.4, 0.5) is 14.5 Å². The van der Waals surface area contributed by atoms with Crippen LogP contribution in [0.3, 0.4) is 0 Å². The molecule has 2 aromatic carbocycles. The normalized spacial score (nSPS) is 10.3. The highest BCUT2D eigenvalue weighted by Gasteiger charge is 2.13. The van der Waals surface area contributed by atoms with Gasteiger partial charge in [-0.15, -0.1) is 0 Å². The zero-order chi connectivity index (χ0) is 17.0. The molecule has 23 heavy (non-hydrogen) atoms. The second kappa shape index (κ2) is 7.00. The van der Waals surface area contributed by atoms with Crippen LogP contribution in [0, 0.1) is 11.6 Å². The van der Waals surface area contributed by atoms with Crippen molar-refractivity contribution < 1.29 is 18.4 Å². The molecule has 0 aromatic heterocycles. The average molecular weight is 318 g/mol. The van der Waals surface area contributed by atoms with Gasteiger partial charge in [-0.1, -0.05) is 18.2 Å². The third kappa shape index (κ3) is 4.12. The monoisotopic (exact) mass is 318 g/mol. The summed E-state index contributed by atoms with van der Waals surface area (Å²) in [5.41, 5.74) is 1.26. The standard InChI is InChI=1S/C17H16F2N2O2/c1-11(22)21(2)10-13-5-3-4-6-16(13)20-17(23)12-7-8-14(18)15(19)9-12/h3-9H,10H2,1-2H3,(H,20,23). The molecule has 1 N–H and O–H groups in total. The molecule has 0 heterocycles. The van der Waals surface area contributed by atoms with Crippen LogP contribution in [0.2, 0.25) is 0 Å². The van der Waals surface area contributed by atoms with E-state index in [-0.39, 0.29) is 11.5 Å². The van der Waals surface area contributed by atoms with Gasteiger partial charge in [-0.3, -0.25) is 9.59 Å². The fraction of sp³-hybridized carbons (Fsp3) is 0.176. The Morgan fingerprint density at radius 3 is 2.43 bits per heavy atom. The van der Waals surface area contributed by atoms with Gasteiger partial charge in [0.15, 0.2) is 11.6 Å².